The maximum Gasteiger partial charge on any atom is 0.165 e. The number of methoxy groups -OCH3 is 1. The summed E-state index contributed by atoms with van der Waals surface area (Å²) in [5, 5.41) is 0. The van der Waals surface area contributed by atoms with Gasteiger partial charge in [-0.05, 0) is 19.9 Å². The number of carbonyl (C=O) groups is 1. The number of hydrogen-bond donors (Lipinski definition) is 0. The normalized spacial score (nSPS) is 25.2. The quantitative estimate of drug-likeness (QED) is 0.797. The summed E-state index contributed by atoms with van der Waals surface area (Å²) >= 11 is 0. The highest BCUT2D eigenvalue weighted by Crippen LogP contribution is 2.42. The van der Waals surface area contributed by atoms with Gasteiger partial charge in [0.2, 0.25) is 0 Å². The van der Waals surface area contributed by atoms with Crippen LogP contribution in [0.15, 0.2) is 18.2 Å². The lowest BCUT2D eigenvalue weighted by atomic mass is 9.91. The highest BCUT2D eigenvalue weighted by molar-refractivity contribution is 5.50. The van der Waals surface area contributed by atoms with Gasteiger partial charge >= 0.3 is 0 Å². The molecule has 1 heterocycles. The molecule has 0 bridgehead atoms. The number of para-hydroxylation sites is 1. The summed E-state index contributed by atoms with van der Waals surface area (Å²) in [4.78, 5) is 10.8. The second-order valence-corrected chi connectivity index (χ2v) is 5.27. The number of carbonyl (C=O) groups excluding carboxylic acids is 1. The third-order valence-corrected chi connectivity index (χ3v) is 3.39. The van der Waals surface area contributed by atoms with E-state index in [2.05, 4.69) is 0 Å². The lowest BCUT2D eigenvalue weighted by Crippen LogP contribution is -2.41. The summed E-state index contributed by atoms with van der Waals surface area (Å²) in [6.07, 6.45) is 0.684. The van der Waals surface area contributed by atoms with E-state index in [0.717, 1.165) is 6.29 Å². The zero-order chi connectivity index (χ0) is 14.8. The van der Waals surface area contributed by atoms with Crippen molar-refractivity contribution in [1.82, 2.24) is 0 Å². The van der Waals surface area contributed by atoms with Crippen LogP contribution in [0.5, 0.6) is 5.75 Å². The van der Waals surface area contributed by atoms with Crippen LogP contribution < -0.4 is 4.74 Å². The topological polar surface area (TPSA) is 44.8 Å². The molecule has 2 atom stereocenters. The molecule has 4 nitrogen and oxygen atoms in total. The zero-order valence-electron chi connectivity index (χ0n) is 11.9. The number of hydrogen-bond acceptors (Lipinski definition) is 4. The summed E-state index contributed by atoms with van der Waals surface area (Å²) < 4.78 is 30.4. The molecule has 0 amide bonds. The molecular formula is C15H19FO4. The van der Waals surface area contributed by atoms with Crippen LogP contribution in [-0.2, 0) is 14.3 Å². The van der Waals surface area contributed by atoms with E-state index in [1.165, 1.54) is 13.2 Å². The first-order valence-electron chi connectivity index (χ1n) is 6.56. The average Bonchev–Trinajstić information content (AvgIpc) is 2.40. The molecule has 0 aromatic heterocycles. The van der Waals surface area contributed by atoms with E-state index < -0.39 is 17.7 Å². The van der Waals surface area contributed by atoms with E-state index >= 15 is 0 Å². The van der Waals surface area contributed by atoms with Gasteiger partial charge in [-0.3, -0.25) is 0 Å². The Hall–Kier alpha value is -1.46. The van der Waals surface area contributed by atoms with Crippen LogP contribution in [0.1, 0.15) is 31.9 Å². The Morgan fingerprint density at radius 3 is 2.90 bits per heavy atom. The van der Waals surface area contributed by atoms with Crippen LogP contribution in [0.25, 0.3) is 0 Å². The van der Waals surface area contributed by atoms with E-state index in [1.54, 1.807) is 26.0 Å². The Morgan fingerprint density at radius 2 is 2.25 bits per heavy atom. The largest absolute Gasteiger partial charge is 0.493 e. The van der Waals surface area contributed by atoms with Gasteiger partial charge in [0.05, 0.1) is 19.8 Å². The van der Waals surface area contributed by atoms with Gasteiger partial charge in [0, 0.05) is 17.9 Å². The number of halogens is 1. The van der Waals surface area contributed by atoms with E-state index in [4.69, 9.17) is 14.2 Å². The fraction of sp³-hybridized carbons (Fsp3) is 0.533. The molecular weight excluding hydrogens is 263 g/mol. The summed E-state index contributed by atoms with van der Waals surface area (Å²) in [5.74, 6) is -1.22. The van der Waals surface area contributed by atoms with Crippen LogP contribution in [0.4, 0.5) is 4.39 Å². The van der Waals surface area contributed by atoms with Crippen molar-refractivity contribution in [3.05, 3.63) is 29.6 Å². The fourth-order valence-corrected chi connectivity index (χ4v) is 2.43. The molecule has 0 spiro atoms. The number of benzene rings is 1. The van der Waals surface area contributed by atoms with Crippen molar-refractivity contribution in [1.29, 1.82) is 0 Å². The molecule has 1 saturated heterocycles. The molecule has 0 saturated carbocycles. The lowest BCUT2D eigenvalue weighted by Gasteiger charge is -2.41. The highest BCUT2D eigenvalue weighted by atomic mass is 19.1. The van der Waals surface area contributed by atoms with Gasteiger partial charge in [-0.1, -0.05) is 12.1 Å². The molecule has 0 aliphatic carbocycles. The monoisotopic (exact) mass is 282 g/mol. The molecule has 1 aliphatic heterocycles. The van der Waals surface area contributed by atoms with Crippen LogP contribution in [-0.4, -0.2) is 25.8 Å². The Labute approximate surface area is 117 Å². The zero-order valence-corrected chi connectivity index (χ0v) is 11.9. The minimum absolute atomic E-state index is 0.156. The van der Waals surface area contributed by atoms with Crippen molar-refractivity contribution in [3.8, 4) is 5.75 Å². The van der Waals surface area contributed by atoms with Crippen LogP contribution >= 0.6 is 0 Å². The van der Waals surface area contributed by atoms with Crippen molar-refractivity contribution >= 4 is 6.29 Å². The third kappa shape index (κ3) is 2.99. The van der Waals surface area contributed by atoms with Crippen molar-refractivity contribution < 1.29 is 23.4 Å². The van der Waals surface area contributed by atoms with Crippen molar-refractivity contribution in [2.75, 3.05) is 13.7 Å². The predicted molar refractivity (Wildman–Crippen MR) is 71.0 cm³/mol. The fourth-order valence-electron chi connectivity index (χ4n) is 2.43. The maximum atomic E-state index is 13.8. The first-order valence-corrected chi connectivity index (χ1v) is 6.56. The Bertz CT molecular complexity index is 487. The van der Waals surface area contributed by atoms with E-state index in [-0.39, 0.29) is 11.7 Å². The van der Waals surface area contributed by atoms with Crippen LogP contribution in [0.3, 0.4) is 0 Å². The Kier molecular flexibility index (Phi) is 4.40. The second kappa shape index (κ2) is 5.89. The standard InChI is InChI=1S/C15H19FO4/c1-15(2)19-9-10(7-8-17)13(20-15)11-5-4-6-12(16)14(11)18-3/h4-6,8,10,13H,7,9H2,1-3H3/t10-,13+/m1/s1. The molecule has 20 heavy (non-hydrogen) atoms. The van der Waals surface area contributed by atoms with Gasteiger partial charge in [-0.2, -0.15) is 0 Å². The molecule has 2 rings (SSSR count). The smallest absolute Gasteiger partial charge is 0.165 e. The molecule has 110 valence electrons. The summed E-state index contributed by atoms with van der Waals surface area (Å²) in [6.45, 7) is 3.97. The maximum absolute atomic E-state index is 13.8. The Morgan fingerprint density at radius 1 is 1.50 bits per heavy atom. The molecule has 1 aliphatic rings. The van der Waals surface area contributed by atoms with E-state index in [9.17, 15) is 9.18 Å². The summed E-state index contributed by atoms with van der Waals surface area (Å²) in [6, 6.07) is 4.70. The van der Waals surface area contributed by atoms with Crippen molar-refractivity contribution in [2.45, 2.75) is 32.2 Å². The van der Waals surface area contributed by atoms with Gasteiger partial charge < -0.3 is 19.0 Å². The third-order valence-electron chi connectivity index (χ3n) is 3.39. The first-order chi connectivity index (χ1) is 9.48. The number of aldehydes is 1. The van der Waals surface area contributed by atoms with Crippen molar-refractivity contribution in [3.63, 3.8) is 0 Å². The van der Waals surface area contributed by atoms with Crippen LogP contribution in [0, 0.1) is 11.7 Å². The van der Waals surface area contributed by atoms with Crippen LogP contribution in [0.2, 0.25) is 0 Å². The van der Waals surface area contributed by atoms with E-state index in [1.807, 2.05) is 0 Å². The molecule has 1 aromatic rings. The molecule has 1 aromatic carbocycles. The minimum Gasteiger partial charge on any atom is -0.493 e. The van der Waals surface area contributed by atoms with Gasteiger partial charge in [0.15, 0.2) is 17.4 Å². The molecule has 0 unspecified atom stereocenters. The lowest BCUT2D eigenvalue weighted by molar-refractivity contribution is -0.295. The van der Waals surface area contributed by atoms with Gasteiger partial charge in [0.1, 0.15) is 6.29 Å². The number of ether oxygens (including phenoxy) is 3. The molecule has 0 N–H and O–H groups in total. The van der Waals surface area contributed by atoms with Gasteiger partial charge in [-0.15, -0.1) is 0 Å². The average molecular weight is 282 g/mol. The van der Waals surface area contributed by atoms with Gasteiger partial charge in [0.25, 0.3) is 0 Å². The first kappa shape index (κ1) is 14.9. The molecule has 1 fully saturated rings. The molecule has 0 radical (unpaired) electrons. The Balaban J connectivity index is 2.40. The molecule has 5 heteroatoms. The highest BCUT2D eigenvalue weighted by Gasteiger charge is 2.38. The van der Waals surface area contributed by atoms with Crippen molar-refractivity contribution in [2.24, 2.45) is 5.92 Å². The minimum atomic E-state index is -0.776. The number of rotatable bonds is 4. The summed E-state index contributed by atoms with van der Waals surface area (Å²) in [7, 11) is 1.42. The second-order valence-electron chi connectivity index (χ2n) is 5.27. The van der Waals surface area contributed by atoms with E-state index in [0.29, 0.717) is 18.6 Å². The predicted octanol–water partition coefficient (Wildman–Crippen LogP) is 2.86. The van der Waals surface area contributed by atoms with Gasteiger partial charge in [-0.25, -0.2) is 4.39 Å². The SMILES string of the molecule is COc1c(F)cccc1[C@H]1OC(C)(C)OC[C@H]1CC=O. The summed E-state index contributed by atoms with van der Waals surface area (Å²) in [5.41, 5.74) is 0.607.